The summed E-state index contributed by atoms with van der Waals surface area (Å²) in [5.74, 6) is 6.45. The van der Waals surface area contributed by atoms with Gasteiger partial charge in [-0.1, -0.05) is 24.3 Å². The predicted molar refractivity (Wildman–Crippen MR) is 80.6 cm³/mol. The van der Waals surface area contributed by atoms with Gasteiger partial charge in [-0.25, -0.2) is 9.82 Å². The van der Waals surface area contributed by atoms with Gasteiger partial charge in [0.25, 0.3) is 0 Å². The molecule has 0 saturated carbocycles. The summed E-state index contributed by atoms with van der Waals surface area (Å²) >= 11 is 0. The first kappa shape index (κ1) is 14.0. The molecule has 0 fully saturated rings. The molecule has 1 heterocycles. The monoisotopic (exact) mass is 286 g/mol. The molecule has 0 aliphatic carbocycles. The maximum atomic E-state index is 13.3. The van der Waals surface area contributed by atoms with Crippen LogP contribution < -0.4 is 16.0 Å². The second-order valence-electron chi connectivity index (χ2n) is 5.39. The fourth-order valence-electron chi connectivity index (χ4n) is 2.95. The zero-order valence-electron chi connectivity index (χ0n) is 12.0. The highest BCUT2D eigenvalue weighted by Crippen LogP contribution is 2.36. The van der Waals surface area contributed by atoms with E-state index in [0.29, 0.717) is 0 Å². The van der Waals surface area contributed by atoms with Crippen molar-refractivity contribution in [3.63, 3.8) is 0 Å². The molecule has 3 rings (SSSR count). The molecule has 3 N–H and O–H groups in total. The smallest absolute Gasteiger partial charge is 0.127 e. The Morgan fingerprint density at radius 3 is 2.86 bits per heavy atom. The Kier molecular flexibility index (Phi) is 3.90. The average Bonchev–Trinajstić information content (AvgIpc) is 2.50. The van der Waals surface area contributed by atoms with Crippen LogP contribution in [0.3, 0.4) is 0 Å². The van der Waals surface area contributed by atoms with Crippen LogP contribution in [-0.2, 0) is 6.42 Å². The fraction of sp³-hybridized carbons (Fsp3) is 0.294. The Labute approximate surface area is 123 Å². The van der Waals surface area contributed by atoms with Gasteiger partial charge in [-0.2, -0.15) is 0 Å². The topological polar surface area (TPSA) is 47.3 Å². The van der Waals surface area contributed by atoms with Crippen molar-refractivity contribution >= 4 is 0 Å². The molecule has 0 saturated heterocycles. The van der Waals surface area contributed by atoms with Crippen molar-refractivity contribution in [1.29, 1.82) is 0 Å². The summed E-state index contributed by atoms with van der Waals surface area (Å²) in [6.07, 6.45) is 2.05. The predicted octanol–water partition coefficient (Wildman–Crippen LogP) is 3.01. The number of nitrogens with one attached hydrogen (secondary N) is 1. The molecule has 21 heavy (non-hydrogen) atoms. The number of hydrogen-bond donors (Lipinski definition) is 2. The molecule has 0 bridgehead atoms. The summed E-state index contributed by atoms with van der Waals surface area (Å²) in [5, 5.41) is 0. The van der Waals surface area contributed by atoms with E-state index < -0.39 is 0 Å². The number of ether oxygens (including phenoxy) is 1. The lowest BCUT2D eigenvalue weighted by Gasteiger charge is -2.26. The number of halogens is 1. The normalized spacial score (nSPS) is 15.2. The number of hydrogen-bond acceptors (Lipinski definition) is 3. The van der Waals surface area contributed by atoms with Gasteiger partial charge in [0.1, 0.15) is 11.6 Å². The second-order valence-corrected chi connectivity index (χ2v) is 5.39. The molecular formula is C17H19FN2O. The van der Waals surface area contributed by atoms with Gasteiger partial charge >= 0.3 is 0 Å². The molecule has 0 aromatic heterocycles. The number of aryl methyl sites for hydroxylation is 2. The summed E-state index contributed by atoms with van der Waals surface area (Å²) < 4.78 is 19.2. The lowest BCUT2D eigenvalue weighted by molar-refractivity contribution is 0.283. The molecule has 4 heteroatoms. The Balaban J connectivity index is 2.08. The summed E-state index contributed by atoms with van der Waals surface area (Å²) in [5.41, 5.74) is 6.88. The zero-order valence-corrected chi connectivity index (χ0v) is 12.0. The highest BCUT2D eigenvalue weighted by atomic mass is 19.1. The van der Waals surface area contributed by atoms with E-state index in [-0.39, 0.29) is 11.9 Å². The van der Waals surface area contributed by atoms with Crippen molar-refractivity contribution in [2.24, 2.45) is 5.84 Å². The van der Waals surface area contributed by atoms with Crippen LogP contribution in [0.25, 0.3) is 0 Å². The summed E-state index contributed by atoms with van der Waals surface area (Å²) in [6, 6.07) is 10.7. The van der Waals surface area contributed by atoms with Crippen LogP contribution in [0, 0.1) is 12.7 Å². The molecule has 1 aliphatic rings. The van der Waals surface area contributed by atoms with Gasteiger partial charge in [-0.15, -0.1) is 0 Å². The standard InChI is InChI=1S/C17H19FN2O/c1-11-10-13(18)7-8-14(11)16(20-19)15-6-2-4-12-5-3-9-21-17(12)15/h2,4,6-8,10,16,20H,3,5,9,19H2,1H3. The molecule has 110 valence electrons. The van der Waals surface area contributed by atoms with Crippen molar-refractivity contribution in [1.82, 2.24) is 5.43 Å². The number of fused-ring (bicyclic) bond motifs is 1. The zero-order chi connectivity index (χ0) is 14.8. The lowest BCUT2D eigenvalue weighted by Crippen LogP contribution is -2.30. The van der Waals surface area contributed by atoms with Gasteiger partial charge in [0, 0.05) is 5.56 Å². The van der Waals surface area contributed by atoms with Crippen molar-refractivity contribution in [3.8, 4) is 5.75 Å². The first-order valence-corrected chi connectivity index (χ1v) is 7.17. The van der Waals surface area contributed by atoms with Crippen molar-refractivity contribution in [2.75, 3.05) is 6.61 Å². The number of nitrogens with two attached hydrogens (primary N) is 1. The first-order valence-electron chi connectivity index (χ1n) is 7.17. The minimum atomic E-state index is -0.238. The maximum absolute atomic E-state index is 13.3. The third kappa shape index (κ3) is 2.64. The number of rotatable bonds is 3. The van der Waals surface area contributed by atoms with Gasteiger partial charge in [0.2, 0.25) is 0 Å². The summed E-state index contributed by atoms with van der Waals surface area (Å²) in [4.78, 5) is 0. The third-order valence-corrected chi connectivity index (χ3v) is 3.98. The van der Waals surface area contributed by atoms with Gasteiger partial charge < -0.3 is 4.74 Å². The highest BCUT2D eigenvalue weighted by molar-refractivity contribution is 5.49. The van der Waals surface area contributed by atoms with Gasteiger partial charge in [0.05, 0.1) is 12.6 Å². The number of para-hydroxylation sites is 1. The molecule has 1 unspecified atom stereocenters. The highest BCUT2D eigenvalue weighted by Gasteiger charge is 2.22. The van der Waals surface area contributed by atoms with Crippen molar-refractivity contribution in [3.05, 3.63) is 64.5 Å². The minimum absolute atomic E-state index is 0.210. The third-order valence-electron chi connectivity index (χ3n) is 3.98. The number of benzene rings is 2. The van der Waals surface area contributed by atoms with Crippen LogP contribution in [0.2, 0.25) is 0 Å². The molecule has 0 spiro atoms. The van der Waals surface area contributed by atoms with Gasteiger partial charge in [0.15, 0.2) is 0 Å². The van der Waals surface area contributed by atoms with E-state index >= 15 is 0 Å². The lowest BCUT2D eigenvalue weighted by atomic mass is 9.92. The van der Waals surface area contributed by atoms with Crippen LogP contribution in [0.4, 0.5) is 4.39 Å². The molecule has 3 nitrogen and oxygen atoms in total. The maximum Gasteiger partial charge on any atom is 0.127 e. The van der Waals surface area contributed by atoms with Crippen LogP contribution in [-0.4, -0.2) is 6.61 Å². The van der Waals surface area contributed by atoms with E-state index in [1.165, 1.54) is 17.7 Å². The molecule has 0 amide bonds. The van der Waals surface area contributed by atoms with Crippen LogP contribution in [0.15, 0.2) is 36.4 Å². The van der Waals surface area contributed by atoms with E-state index in [9.17, 15) is 4.39 Å². The van der Waals surface area contributed by atoms with E-state index in [0.717, 1.165) is 41.9 Å². The largest absolute Gasteiger partial charge is 0.493 e. The van der Waals surface area contributed by atoms with Crippen LogP contribution in [0.1, 0.15) is 34.7 Å². The van der Waals surface area contributed by atoms with Gasteiger partial charge in [-0.05, 0) is 48.6 Å². The van der Waals surface area contributed by atoms with E-state index in [2.05, 4.69) is 11.5 Å². The second kappa shape index (κ2) is 5.84. The Hall–Kier alpha value is -1.91. The Morgan fingerprint density at radius 2 is 2.10 bits per heavy atom. The van der Waals surface area contributed by atoms with E-state index in [1.54, 1.807) is 6.07 Å². The van der Waals surface area contributed by atoms with E-state index in [1.807, 2.05) is 19.1 Å². The fourth-order valence-corrected chi connectivity index (χ4v) is 2.95. The average molecular weight is 286 g/mol. The Morgan fingerprint density at radius 1 is 1.24 bits per heavy atom. The molecule has 1 atom stereocenters. The summed E-state index contributed by atoms with van der Waals surface area (Å²) in [6.45, 7) is 2.61. The van der Waals surface area contributed by atoms with Crippen LogP contribution >= 0.6 is 0 Å². The van der Waals surface area contributed by atoms with E-state index in [4.69, 9.17) is 10.6 Å². The van der Waals surface area contributed by atoms with Crippen molar-refractivity contribution < 1.29 is 9.13 Å². The summed E-state index contributed by atoms with van der Waals surface area (Å²) in [7, 11) is 0. The van der Waals surface area contributed by atoms with Crippen molar-refractivity contribution in [2.45, 2.75) is 25.8 Å². The van der Waals surface area contributed by atoms with Crippen LogP contribution in [0.5, 0.6) is 5.75 Å². The molecule has 2 aromatic carbocycles. The minimum Gasteiger partial charge on any atom is -0.493 e. The number of hydrazine groups is 1. The first-order chi connectivity index (χ1) is 10.2. The molecule has 0 radical (unpaired) electrons. The molecule has 2 aromatic rings. The Bertz CT molecular complexity index is 657. The molecular weight excluding hydrogens is 267 g/mol. The van der Waals surface area contributed by atoms with Gasteiger partial charge in [-0.3, -0.25) is 5.84 Å². The molecule has 1 aliphatic heterocycles. The SMILES string of the molecule is Cc1cc(F)ccc1C(NN)c1cccc2c1OCCC2. The quantitative estimate of drug-likeness (QED) is 0.673.